The SMILES string of the molecule is O=C(COc1ccc(Br)cc1)Nc1cnn(Cc2ccccc2)c1. The van der Waals surface area contributed by atoms with Gasteiger partial charge >= 0.3 is 0 Å². The fraction of sp³-hybridized carbons (Fsp3) is 0.111. The number of hydrogen-bond donors (Lipinski definition) is 1. The van der Waals surface area contributed by atoms with Gasteiger partial charge in [0, 0.05) is 10.7 Å². The quantitative estimate of drug-likeness (QED) is 0.703. The summed E-state index contributed by atoms with van der Waals surface area (Å²) in [6, 6.07) is 17.3. The second-order valence-electron chi connectivity index (χ2n) is 5.20. The zero-order valence-electron chi connectivity index (χ0n) is 12.9. The first-order valence-electron chi connectivity index (χ1n) is 7.44. The molecule has 122 valence electrons. The molecule has 0 aliphatic heterocycles. The first kappa shape index (κ1) is 16.3. The summed E-state index contributed by atoms with van der Waals surface area (Å²) in [6.07, 6.45) is 3.42. The smallest absolute Gasteiger partial charge is 0.262 e. The molecule has 24 heavy (non-hydrogen) atoms. The first-order valence-corrected chi connectivity index (χ1v) is 8.23. The summed E-state index contributed by atoms with van der Waals surface area (Å²) in [5, 5.41) is 7.02. The summed E-state index contributed by atoms with van der Waals surface area (Å²) < 4.78 is 8.18. The third-order valence-corrected chi connectivity index (χ3v) is 3.82. The molecule has 0 fully saturated rings. The van der Waals surface area contributed by atoms with Crippen molar-refractivity contribution in [3.63, 3.8) is 0 Å². The molecule has 6 heteroatoms. The van der Waals surface area contributed by atoms with Crippen LogP contribution in [0.5, 0.6) is 5.75 Å². The van der Waals surface area contributed by atoms with Crippen LogP contribution in [0.15, 0.2) is 71.5 Å². The Morgan fingerprint density at radius 2 is 1.88 bits per heavy atom. The van der Waals surface area contributed by atoms with Gasteiger partial charge in [-0.2, -0.15) is 5.10 Å². The summed E-state index contributed by atoms with van der Waals surface area (Å²) >= 11 is 3.35. The number of nitrogens with one attached hydrogen (secondary N) is 1. The minimum atomic E-state index is -0.225. The van der Waals surface area contributed by atoms with Gasteiger partial charge in [0.15, 0.2) is 6.61 Å². The van der Waals surface area contributed by atoms with Gasteiger partial charge in [-0.25, -0.2) is 0 Å². The number of carbonyl (C=O) groups excluding carboxylic acids is 1. The summed E-state index contributed by atoms with van der Waals surface area (Å²) in [4.78, 5) is 11.9. The van der Waals surface area contributed by atoms with E-state index in [0.717, 1.165) is 10.0 Å². The van der Waals surface area contributed by atoms with E-state index in [1.807, 2.05) is 42.5 Å². The maximum absolute atomic E-state index is 11.9. The van der Waals surface area contributed by atoms with E-state index in [4.69, 9.17) is 4.74 Å². The van der Waals surface area contributed by atoms with Crippen molar-refractivity contribution >= 4 is 27.5 Å². The molecule has 1 amide bonds. The average molecular weight is 386 g/mol. The predicted molar refractivity (Wildman–Crippen MR) is 96.0 cm³/mol. The number of nitrogens with zero attached hydrogens (tertiary/aromatic N) is 2. The van der Waals surface area contributed by atoms with E-state index in [1.54, 1.807) is 29.2 Å². The highest BCUT2D eigenvalue weighted by Crippen LogP contribution is 2.16. The fourth-order valence-corrected chi connectivity index (χ4v) is 2.43. The van der Waals surface area contributed by atoms with E-state index < -0.39 is 0 Å². The Kier molecular flexibility index (Phi) is 5.28. The molecule has 0 aliphatic carbocycles. The molecule has 0 radical (unpaired) electrons. The molecule has 3 aromatic rings. The van der Waals surface area contributed by atoms with E-state index in [2.05, 4.69) is 26.3 Å². The molecule has 0 bridgehead atoms. The second kappa shape index (κ2) is 7.79. The molecule has 3 rings (SSSR count). The van der Waals surface area contributed by atoms with Crippen LogP contribution in [0, 0.1) is 0 Å². The summed E-state index contributed by atoms with van der Waals surface area (Å²) in [6.45, 7) is 0.609. The molecule has 0 unspecified atom stereocenters. The number of carbonyl (C=O) groups is 1. The number of halogens is 1. The van der Waals surface area contributed by atoms with Crippen LogP contribution in [-0.4, -0.2) is 22.3 Å². The molecule has 0 saturated carbocycles. The van der Waals surface area contributed by atoms with Gasteiger partial charge in [-0.1, -0.05) is 46.3 Å². The molecule has 0 aliphatic rings. The van der Waals surface area contributed by atoms with Crippen LogP contribution in [0.3, 0.4) is 0 Å². The van der Waals surface area contributed by atoms with Gasteiger partial charge in [0.05, 0.1) is 18.4 Å². The number of aromatic nitrogens is 2. The molecular weight excluding hydrogens is 370 g/mol. The number of ether oxygens (including phenoxy) is 1. The summed E-state index contributed by atoms with van der Waals surface area (Å²) in [7, 11) is 0. The van der Waals surface area contributed by atoms with Crippen molar-refractivity contribution in [3.05, 3.63) is 77.0 Å². The van der Waals surface area contributed by atoms with Crippen LogP contribution < -0.4 is 10.1 Å². The summed E-state index contributed by atoms with van der Waals surface area (Å²) in [5.74, 6) is 0.422. The minimum Gasteiger partial charge on any atom is -0.484 e. The Labute approximate surface area is 148 Å². The van der Waals surface area contributed by atoms with Crippen LogP contribution in [0.4, 0.5) is 5.69 Å². The molecule has 1 aromatic heterocycles. The van der Waals surface area contributed by atoms with Gasteiger partial charge in [-0.15, -0.1) is 0 Å². The standard InChI is InChI=1S/C18H16BrN3O2/c19-15-6-8-17(9-7-15)24-13-18(23)21-16-10-20-22(12-16)11-14-4-2-1-3-5-14/h1-10,12H,11,13H2,(H,21,23). The van der Waals surface area contributed by atoms with Crippen LogP contribution >= 0.6 is 15.9 Å². The highest BCUT2D eigenvalue weighted by molar-refractivity contribution is 9.10. The third kappa shape index (κ3) is 4.70. The average Bonchev–Trinajstić information content (AvgIpc) is 3.02. The zero-order chi connectivity index (χ0) is 16.8. The number of anilines is 1. The van der Waals surface area contributed by atoms with Crippen molar-refractivity contribution in [2.45, 2.75) is 6.54 Å². The minimum absolute atomic E-state index is 0.0501. The lowest BCUT2D eigenvalue weighted by molar-refractivity contribution is -0.118. The van der Waals surface area contributed by atoms with Crippen molar-refractivity contribution in [2.24, 2.45) is 0 Å². The molecule has 0 saturated heterocycles. The van der Waals surface area contributed by atoms with E-state index in [-0.39, 0.29) is 12.5 Å². The van der Waals surface area contributed by atoms with Gasteiger partial charge in [0.25, 0.3) is 5.91 Å². The van der Waals surface area contributed by atoms with Gasteiger partial charge < -0.3 is 10.1 Å². The zero-order valence-corrected chi connectivity index (χ0v) is 14.4. The van der Waals surface area contributed by atoms with Crippen molar-refractivity contribution in [1.29, 1.82) is 0 Å². The number of benzene rings is 2. The monoisotopic (exact) mass is 385 g/mol. The third-order valence-electron chi connectivity index (χ3n) is 3.29. The summed E-state index contributed by atoms with van der Waals surface area (Å²) in [5.41, 5.74) is 1.80. The molecule has 1 N–H and O–H groups in total. The maximum Gasteiger partial charge on any atom is 0.262 e. The van der Waals surface area contributed by atoms with E-state index in [9.17, 15) is 4.79 Å². The van der Waals surface area contributed by atoms with Gasteiger partial charge in [0.1, 0.15) is 5.75 Å². The number of amides is 1. The van der Waals surface area contributed by atoms with Gasteiger partial charge in [0.2, 0.25) is 0 Å². The Balaban J connectivity index is 1.50. The van der Waals surface area contributed by atoms with Crippen LogP contribution in [-0.2, 0) is 11.3 Å². The lowest BCUT2D eigenvalue weighted by Crippen LogP contribution is -2.19. The number of hydrogen-bond acceptors (Lipinski definition) is 3. The normalized spacial score (nSPS) is 10.4. The first-order chi connectivity index (χ1) is 11.7. The molecule has 1 heterocycles. The Morgan fingerprint density at radius 3 is 2.62 bits per heavy atom. The molecule has 0 atom stereocenters. The predicted octanol–water partition coefficient (Wildman–Crippen LogP) is 3.71. The van der Waals surface area contributed by atoms with Crippen LogP contribution in [0.1, 0.15) is 5.56 Å². The molecule has 2 aromatic carbocycles. The van der Waals surface area contributed by atoms with Gasteiger partial charge in [-0.05, 0) is 29.8 Å². The van der Waals surface area contributed by atoms with Crippen LogP contribution in [0.2, 0.25) is 0 Å². The highest BCUT2D eigenvalue weighted by atomic mass is 79.9. The maximum atomic E-state index is 11.9. The van der Waals surface area contributed by atoms with E-state index in [0.29, 0.717) is 18.0 Å². The van der Waals surface area contributed by atoms with Crippen molar-refractivity contribution in [3.8, 4) is 5.75 Å². The van der Waals surface area contributed by atoms with Gasteiger partial charge in [-0.3, -0.25) is 9.48 Å². The largest absolute Gasteiger partial charge is 0.484 e. The highest BCUT2D eigenvalue weighted by Gasteiger charge is 2.06. The van der Waals surface area contributed by atoms with E-state index >= 15 is 0 Å². The van der Waals surface area contributed by atoms with Crippen molar-refractivity contribution in [1.82, 2.24) is 9.78 Å². The second-order valence-corrected chi connectivity index (χ2v) is 6.12. The van der Waals surface area contributed by atoms with Crippen molar-refractivity contribution in [2.75, 3.05) is 11.9 Å². The van der Waals surface area contributed by atoms with Crippen molar-refractivity contribution < 1.29 is 9.53 Å². The lowest BCUT2D eigenvalue weighted by atomic mass is 10.2. The van der Waals surface area contributed by atoms with E-state index in [1.165, 1.54) is 0 Å². The molecule has 5 nitrogen and oxygen atoms in total. The molecule has 0 spiro atoms. The number of rotatable bonds is 6. The Morgan fingerprint density at radius 1 is 1.12 bits per heavy atom. The molecular formula is C18H16BrN3O2. The Hall–Kier alpha value is -2.60. The Bertz CT molecular complexity index is 801. The fourth-order valence-electron chi connectivity index (χ4n) is 2.16. The topological polar surface area (TPSA) is 56.1 Å². The lowest BCUT2D eigenvalue weighted by Gasteiger charge is -2.06. The van der Waals surface area contributed by atoms with Crippen LogP contribution in [0.25, 0.3) is 0 Å².